The van der Waals surface area contributed by atoms with Crippen molar-refractivity contribution in [2.24, 2.45) is 0 Å². The van der Waals surface area contributed by atoms with Crippen LogP contribution in [-0.4, -0.2) is 55.8 Å². The second kappa shape index (κ2) is 7.88. The molecule has 4 rings (SSSR count). The van der Waals surface area contributed by atoms with Crippen molar-refractivity contribution in [1.29, 1.82) is 0 Å². The first-order valence-electron chi connectivity index (χ1n) is 9.27. The summed E-state index contributed by atoms with van der Waals surface area (Å²) >= 11 is 0. The molecule has 0 saturated carbocycles. The highest BCUT2D eigenvalue weighted by atomic mass is 16.7. The van der Waals surface area contributed by atoms with E-state index in [4.69, 9.17) is 14.2 Å². The third-order valence-corrected chi connectivity index (χ3v) is 5.04. The Morgan fingerprint density at radius 3 is 2.81 bits per heavy atom. The summed E-state index contributed by atoms with van der Waals surface area (Å²) in [7, 11) is 1.69. The number of nitrogens with zero attached hydrogens (tertiary/aromatic N) is 2. The molecule has 142 valence electrons. The number of amides is 1. The van der Waals surface area contributed by atoms with Gasteiger partial charge in [-0.1, -0.05) is 12.1 Å². The molecule has 2 aliphatic heterocycles. The van der Waals surface area contributed by atoms with Crippen LogP contribution in [0.3, 0.4) is 0 Å². The highest BCUT2D eigenvalue weighted by Gasteiger charge is 2.23. The van der Waals surface area contributed by atoms with Crippen LogP contribution in [0.15, 0.2) is 42.5 Å². The molecule has 0 radical (unpaired) electrons. The number of hydrogen-bond donors (Lipinski definition) is 0. The fourth-order valence-corrected chi connectivity index (χ4v) is 3.57. The molecular formula is C21H24N2O4. The standard InChI is InChI=1S/C21H24N2O4/c1-25-18-5-2-4-16(12-18)14-22-8-3-9-23(11-10-22)21(24)17-6-7-19-20(13-17)27-15-26-19/h2,4-7,12-13H,3,8-11,14-15H2,1H3. The third-order valence-electron chi connectivity index (χ3n) is 5.04. The number of benzene rings is 2. The van der Waals surface area contributed by atoms with Crippen LogP contribution in [0.1, 0.15) is 22.3 Å². The zero-order valence-corrected chi connectivity index (χ0v) is 15.5. The largest absolute Gasteiger partial charge is 0.497 e. The van der Waals surface area contributed by atoms with E-state index in [1.165, 1.54) is 5.56 Å². The van der Waals surface area contributed by atoms with E-state index in [1.807, 2.05) is 29.2 Å². The lowest BCUT2D eigenvalue weighted by Gasteiger charge is -2.22. The lowest BCUT2D eigenvalue weighted by Crippen LogP contribution is -2.35. The van der Waals surface area contributed by atoms with Gasteiger partial charge in [-0.25, -0.2) is 0 Å². The van der Waals surface area contributed by atoms with Crippen LogP contribution < -0.4 is 14.2 Å². The highest BCUT2D eigenvalue weighted by Crippen LogP contribution is 2.32. The van der Waals surface area contributed by atoms with Gasteiger partial charge in [-0.3, -0.25) is 9.69 Å². The average Bonchev–Trinajstić information content (AvgIpc) is 3.05. The van der Waals surface area contributed by atoms with Gasteiger partial charge in [-0.2, -0.15) is 0 Å². The molecule has 0 aliphatic carbocycles. The van der Waals surface area contributed by atoms with E-state index in [2.05, 4.69) is 17.0 Å². The van der Waals surface area contributed by atoms with Gasteiger partial charge in [0.25, 0.3) is 5.91 Å². The molecule has 2 aromatic carbocycles. The van der Waals surface area contributed by atoms with Gasteiger partial charge in [0.15, 0.2) is 11.5 Å². The van der Waals surface area contributed by atoms with Crippen molar-refractivity contribution < 1.29 is 19.0 Å². The number of fused-ring (bicyclic) bond motifs is 1. The molecule has 27 heavy (non-hydrogen) atoms. The summed E-state index contributed by atoms with van der Waals surface area (Å²) < 4.78 is 16.0. The van der Waals surface area contributed by atoms with E-state index in [0.29, 0.717) is 17.1 Å². The topological polar surface area (TPSA) is 51.2 Å². The molecule has 2 heterocycles. The Kier molecular flexibility index (Phi) is 5.16. The quantitative estimate of drug-likeness (QED) is 0.831. The fraction of sp³-hybridized carbons (Fsp3) is 0.381. The maximum atomic E-state index is 12.9. The number of carbonyl (C=O) groups is 1. The minimum absolute atomic E-state index is 0.0523. The van der Waals surface area contributed by atoms with Crippen molar-refractivity contribution in [3.05, 3.63) is 53.6 Å². The average molecular weight is 368 g/mol. The van der Waals surface area contributed by atoms with Crippen LogP contribution in [0.25, 0.3) is 0 Å². The summed E-state index contributed by atoms with van der Waals surface area (Å²) in [5.74, 6) is 2.28. The first-order valence-corrected chi connectivity index (χ1v) is 9.27. The Hall–Kier alpha value is -2.73. The van der Waals surface area contributed by atoms with Crippen molar-refractivity contribution >= 4 is 5.91 Å². The molecule has 0 N–H and O–H groups in total. The van der Waals surface area contributed by atoms with Gasteiger partial charge in [0, 0.05) is 38.3 Å². The second-order valence-corrected chi connectivity index (χ2v) is 6.84. The SMILES string of the molecule is COc1cccc(CN2CCCN(C(=O)c3ccc4c(c3)OCO4)CC2)c1. The normalized spacial score (nSPS) is 16.9. The molecule has 6 heteroatoms. The Morgan fingerprint density at radius 2 is 1.93 bits per heavy atom. The van der Waals surface area contributed by atoms with Crippen LogP contribution in [-0.2, 0) is 6.54 Å². The summed E-state index contributed by atoms with van der Waals surface area (Å²) in [6.07, 6.45) is 0.959. The number of rotatable bonds is 4. The second-order valence-electron chi connectivity index (χ2n) is 6.84. The minimum atomic E-state index is 0.0523. The number of carbonyl (C=O) groups excluding carboxylic acids is 1. The van der Waals surface area contributed by atoms with Gasteiger partial charge in [0.05, 0.1) is 7.11 Å². The minimum Gasteiger partial charge on any atom is -0.497 e. The molecule has 0 unspecified atom stereocenters. The van der Waals surface area contributed by atoms with Crippen molar-refractivity contribution in [2.45, 2.75) is 13.0 Å². The smallest absolute Gasteiger partial charge is 0.254 e. The Labute approximate surface area is 159 Å². The van der Waals surface area contributed by atoms with Crippen molar-refractivity contribution in [1.82, 2.24) is 9.80 Å². The van der Waals surface area contributed by atoms with Crippen molar-refractivity contribution in [3.63, 3.8) is 0 Å². The molecule has 0 bridgehead atoms. The van der Waals surface area contributed by atoms with Crippen LogP contribution >= 0.6 is 0 Å². The predicted molar refractivity (Wildman–Crippen MR) is 101 cm³/mol. The molecule has 0 aromatic heterocycles. The van der Waals surface area contributed by atoms with Crippen molar-refractivity contribution in [3.8, 4) is 17.2 Å². The number of methoxy groups -OCH3 is 1. The monoisotopic (exact) mass is 368 g/mol. The molecule has 0 spiro atoms. The van der Waals surface area contributed by atoms with Crippen molar-refractivity contribution in [2.75, 3.05) is 40.1 Å². The van der Waals surface area contributed by atoms with Gasteiger partial charge in [0.1, 0.15) is 5.75 Å². The van der Waals surface area contributed by atoms with Crippen LogP contribution in [0, 0.1) is 0 Å². The Balaban J connectivity index is 1.38. The Bertz CT molecular complexity index is 824. The van der Waals surface area contributed by atoms with E-state index in [9.17, 15) is 4.79 Å². The summed E-state index contributed by atoms with van der Waals surface area (Å²) in [6, 6.07) is 13.6. The van der Waals surface area contributed by atoms with E-state index < -0.39 is 0 Å². The third kappa shape index (κ3) is 4.01. The molecule has 1 fully saturated rings. The maximum Gasteiger partial charge on any atom is 0.254 e. The first-order chi connectivity index (χ1) is 13.2. The predicted octanol–water partition coefficient (Wildman–Crippen LogP) is 2.77. The molecular weight excluding hydrogens is 344 g/mol. The summed E-state index contributed by atoms with van der Waals surface area (Å²) in [5, 5.41) is 0. The summed E-state index contributed by atoms with van der Waals surface area (Å²) in [4.78, 5) is 17.2. The van der Waals surface area contributed by atoms with Crippen LogP contribution in [0.5, 0.6) is 17.2 Å². The zero-order valence-electron chi connectivity index (χ0n) is 15.5. The number of ether oxygens (including phenoxy) is 3. The van der Waals surface area contributed by atoms with Gasteiger partial charge >= 0.3 is 0 Å². The summed E-state index contributed by atoms with van der Waals surface area (Å²) in [6.45, 7) is 4.40. The summed E-state index contributed by atoms with van der Waals surface area (Å²) in [5.41, 5.74) is 1.88. The first kappa shape index (κ1) is 17.7. The molecule has 1 saturated heterocycles. The lowest BCUT2D eigenvalue weighted by molar-refractivity contribution is 0.0760. The molecule has 0 atom stereocenters. The van der Waals surface area contributed by atoms with Crippen LogP contribution in [0.4, 0.5) is 0 Å². The lowest BCUT2D eigenvalue weighted by atomic mass is 10.1. The maximum absolute atomic E-state index is 12.9. The molecule has 2 aromatic rings. The molecule has 1 amide bonds. The Morgan fingerprint density at radius 1 is 1.04 bits per heavy atom. The van der Waals surface area contributed by atoms with E-state index in [-0.39, 0.29) is 12.7 Å². The molecule has 6 nitrogen and oxygen atoms in total. The molecule has 2 aliphatic rings. The van der Waals surface area contributed by atoms with Gasteiger partial charge in [-0.05, 0) is 42.3 Å². The van der Waals surface area contributed by atoms with Gasteiger partial charge < -0.3 is 19.1 Å². The fourth-order valence-electron chi connectivity index (χ4n) is 3.57. The zero-order chi connectivity index (χ0) is 18.6. The van der Waals surface area contributed by atoms with E-state index in [1.54, 1.807) is 13.2 Å². The van der Waals surface area contributed by atoms with Gasteiger partial charge in [0.2, 0.25) is 6.79 Å². The van der Waals surface area contributed by atoms with Crippen LogP contribution in [0.2, 0.25) is 0 Å². The van der Waals surface area contributed by atoms with Gasteiger partial charge in [-0.15, -0.1) is 0 Å². The highest BCUT2D eigenvalue weighted by molar-refractivity contribution is 5.95. The van der Waals surface area contributed by atoms with E-state index in [0.717, 1.165) is 44.9 Å². The number of hydrogen-bond acceptors (Lipinski definition) is 5. The van der Waals surface area contributed by atoms with E-state index >= 15 is 0 Å².